The number of aliphatic imine (C=N–C) groups is 2. The molecular formula is C52H68N2O6Pd. The Morgan fingerprint density at radius 3 is 1.56 bits per heavy atom. The van der Waals surface area contributed by atoms with Gasteiger partial charge in [0.05, 0.1) is 17.1 Å². The topological polar surface area (TPSA) is 133 Å². The molecule has 0 bridgehead atoms. The summed E-state index contributed by atoms with van der Waals surface area (Å²) in [5.41, 5.74) is 8.40. The Morgan fingerprint density at radius 1 is 0.541 bits per heavy atom. The first-order valence-electron chi connectivity index (χ1n) is 22.3. The smallest absolute Gasteiger partial charge is 0.165 e. The average Bonchev–Trinajstić information content (AvgIpc) is 3.25. The molecule has 0 saturated heterocycles. The van der Waals surface area contributed by atoms with Crippen LogP contribution in [0.15, 0.2) is 70.6 Å². The molecule has 0 fully saturated rings. The van der Waals surface area contributed by atoms with E-state index >= 15 is 0 Å². The van der Waals surface area contributed by atoms with Crippen molar-refractivity contribution in [2.24, 2.45) is 9.98 Å². The van der Waals surface area contributed by atoms with Crippen LogP contribution in [0.4, 0.5) is 11.4 Å². The van der Waals surface area contributed by atoms with Gasteiger partial charge in [-0.05, 0) is 101 Å². The molecule has 0 atom stereocenters. The van der Waals surface area contributed by atoms with Gasteiger partial charge in [-0.2, -0.15) is 0 Å². The van der Waals surface area contributed by atoms with Crippen LogP contribution in [0.3, 0.4) is 0 Å². The number of hydrogen-bond acceptors (Lipinski definition) is 8. The molecule has 2 N–H and O–H groups in total. The number of carbonyl (C=O) groups is 4. The van der Waals surface area contributed by atoms with Crippen LogP contribution in [0.1, 0.15) is 152 Å². The summed E-state index contributed by atoms with van der Waals surface area (Å²) >= 11 is 0. The molecule has 0 aliphatic carbocycles. The molecule has 0 heterocycles. The van der Waals surface area contributed by atoms with Crippen molar-refractivity contribution in [2.45, 2.75) is 158 Å². The number of ketones is 4. The van der Waals surface area contributed by atoms with Crippen LogP contribution >= 0.6 is 0 Å². The Hall–Kier alpha value is -4.58. The van der Waals surface area contributed by atoms with Gasteiger partial charge in [-0.15, -0.1) is 0 Å². The molecule has 4 aromatic carbocycles. The van der Waals surface area contributed by atoms with E-state index in [1.165, 1.54) is 24.0 Å². The van der Waals surface area contributed by atoms with E-state index in [0.717, 1.165) is 89.4 Å². The van der Waals surface area contributed by atoms with Crippen molar-refractivity contribution in [1.82, 2.24) is 0 Å². The Bertz CT molecular complexity index is 2140. The molecule has 4 rings (SSSR count). The van der Waals surface area contributed by atoms with Crippen molar-refractivity contribution in [3.05, 3.63) is 94.0 Å². The second-order valence-corrected chi connectivity index (χ2v) is 15.5. The molecule has 0 amide bonds. The minimum atomic E-state index is -0.0501. The van der Waals surface area contributed by atoms with E-state index in [-0.39, 0.29) is 67.9 Å². The van der Waals surface area contributed by atoms with Gasteiger partial charge in [-0.25, -0.2) is 0 Å². The number of hydrogen-bond donors (Lipinski definition) is 2. The number of benzene rings is 4. The molecule has 332 valence electrons. The van der Waals surface area contributed by atoms with E-state index in [1.807, 2.05) is 76.2 Å². The van der Waals surface area contributed by atoms with Crippen LogP contribution in [-0.2, 0) is 78.1 Å². The number of phenolic OH excluding ortho intramolecular Hbond substituents is 2. The van der Waals surface area contributed by atoms with Gasteiger partial charge in [-0.1, -0.05) is 104 Å². The van der Waals surface area contributed by atoms with Gasteiger partial charge in [0.2, 0.25) is 0 Å². The van der Waals surface area contributed by atoms with E-state index in [9.17, 15) is 29.4 Å². The summed E-state index contributed by atoms with van der Waals surface area (Å²) in [6.45, 7) is 13.9. The van der Waals surface area contributed by atoms with Crippen molar-refractivity contribution in [3.63, 3.8) is 0 Å². The molecule has 0 aromatic heterocycles. The molecule has 0 saturated carbocycles. The Labute approximate surface area is 378 Å². The zero-order chi connectivity index (χ0) is 44.0. The summed E-state index contributed by atoms with van der Waals surface area (Å²) in [6, 6.07) is 18.9. The average molecular weight is 924 g/mol. The van der Waals surface area contributed by atoms with Gasteiger partial charge in [0.25, 0.3) is 0 Å². The SMILES string of the molecule is CCCCCCC(C=Nc1ccc(CC(=O)CC)c(CC(=O)CC)c1)=Nc1ccc(CC(=O)CC)c(CC(=O)CC)c1.CCCCc1ccc2c(O)c(O)ccc2c1CC.[Pd]. The third kappa shape index (κ3) is 17.0. The molecule has 0 aliphatic rings. The molecule has 9 heteroatoms. The van der Waals surface area contributed by atoms with Gasteiger partial charge in [0.1, 0.15) is 23.1 Å². The monoisotopic (exact) mass is 922 g/mol. The number of aryl methyl sites for hydroxylation is 2. The first-order chi connectivity index (χ1) is 28.9. The van der Waals surface area contributed by atoms with Crippen molar-refractivity contribution in [3.8, 4) is 11.5 Å². The van der Waals surface area contributed by atoms with Gasteiger partial charge >= 0.3 is 0 Å². The predicted molar refractivity (Wildman–Crippen MR) is 248 cm³/mol. The number of rotatable bonds is 24. The van der Waals surface area contributed by atoms with Crippen LogP contribution < -0.4 is 0 Å². The minimum absolute atomic E-state index is 0. The van der Waals surface area contributed by atoms with Crippen molar-refractivity contribution < 1.29 is 49.8 Å². The summed E-state index contributed by atoms with van der Waals surface area (Å²) in [7, 11) is 0. The van der Waals surface area contributed by atoms with E-state index in [2.05, 4.69) is 26.8 Å². The van der Waals surface area contributed by atoms with Crippen LogP contribution in [-0.4, -0.2) is 45.3 Å². The van der Waals surface area contributed by atoms with Gasteiger partial charge < -0.3 is 10.2 Å². The molecule has 8 nitrogen and oxygen atoms in total. The van der Waals surface area contributed by atoms with E-state index in [0.29, 0.717) is 44.2 Å². The number of phenols is 2. The first-order valence-corrected chi connectivity index (χ1v) is 22.3. The summed E-state index contributed by atoms with van der Waals surface area (Å²) in [4.78, 5) is 58.6. The Morgan fingerprint density at radius 2 is 1.03 bits per heavy atom. The zero-order valence-electron chi connectivity index (χ0n) is 37.6. The number of Topliss-reactive ketones (excluding diaryl/α,β-unsaturated/α-hetero) is 4. The summed E-state index contributed by atoms with van der Waals surface area (Å²) < 4.78 is 0. The molecule has 4 aromatic rings. The number of unbranched alkanes of at least 4 members (excludes halogenated alkanes) is 4. The Balaban J connectivity index is 0.000000559. The van der Waals surface area contributed by atoms with Gasteiger partial charge in [-0.3, -0.25) is 29.2 Å². The van der Waals surface area contributed by atoms with Crippen molar-refractivity contribution in [1.29, 1.82) is 0 Å². The third-order valence-corrected chi connectivity index (χ3v) is 10.9. The predicted octanol–water partition coefficient (Wildman–Crippen LogP) is 12.4. The largest absolute Gasteiger partial charge is 0.504 e. The van der Waals surface area contributed by atoms with Crippen LogP contribution in [0.2, 0.25) is 0 Å². The summed E-state index contributed by atoms with van der Waals surface area (Å²) in [5, 5.41) is 21.2. The fourth-order valence-corrected chi connectivity index (χ4v) is 7.10. The maximum absolute atomic E-state index is 12.3. The number of carbonyl (C=O) groups excluding carboxylic acids is 4. The van der Waals surface area contributed by atoms with Crippen LogP contribution in [0.5, 0.6) is 11.5 Å². The van der Waals surface area contributed by atoms with Crippen LogP contribution in [0, 0.1) is 0 Å². The molecule has 0 aliphatic heterocycles. The molecule has 0 unspecified atom stereocenters. The second-order valence-electron chi connectivity index (χ2n) is 15.5. The van der Waals surface area contributed by atoms with Gasteiger partial charge in [0, 0.05) is 83.4 Å². The standard InChI is InChI=1S/C36H48N2O4.C16H20O2.Pd/c1-6-11-12-13-14-32(38-31-18-16-27(22-34(40)8-3)29(20-31)24-36(42)10-5)25-37-30-17-15-26(21-33(39)7-2)28(19-30)23-35(41)9-4;1-3-5-6-11-7-8-14-13(12(11)4-2)9-10-15(17)16(14)18;/h15-20,25H,6-14,21-24H2,1-5H3;7-10,17-18H,3-6H2,1-2H3;. The van der Waals surface area contributed by atoms with Gasteiger partial charge in [0.15, 0.2) is 11.5 Å². The minimum Gasteiger partial charge on any atom is -0.504 e. The molecule has 0 spiro atoms. The van der Waals surface area contributed by atoms with E-state index in [4.69, 9.17) is 9.98 Å². The maximum Gasteiger partial charge on any atom is 0.165 e. The Kier molecular flexibility index (Phi) is 24.2. The van der Waals surface area contributed by atoms with Crippen molar-refractivity contribution in [2.75, 3.05) is 0 Å². The quantitative estimate of drug-likeness (QED) is 0.0311. The zero-order valence-corrected chi connectivity index (χ0v) is 39.2. The fraction of sp³-hybridized carbons (Fsp3) is 0.462. The number of nitrogens with zero attached hydrogens (tertiary/aromatic N) is 2. The van der Waals surface area contributed by atoms with E-state index < -0.39 is 0 Å². The maximum atomic E-state index is 12.3. The number of aromatic hydroxyl groups is 2. The number of fused-ring (bicyclic) bond motifs is 1. The second kappa shape index (κ2) is 28.1. The fourth-order valence-electron chi connectivity index (χ4n) is 7.10. The van der Waals surface area contributed by atoms with Crippen molar-refractivity contribution >= 4 is 57.2 Å². The van der Waals surface area contributed by atoms with Crippen LogP contribution in [0.25, 0.3) is 10.8 Å². The normalized spacial score (nSPS) is 11.3. The summed E-state index contributed by atoms with van der Waals surface area (Å²) in [6.07, 6.45) is 14.3. The third-order valence-electron chi connectivity index (χ3n) is 10.9. The van der Waals surface area contributed by atoms with E-state index in [1.54, 1.807) is 12.3 Å². The molecular weight excluding hydrogens is 855 g/mol. The summed E-state index contributed by atoms with van der Waals surface area (Å²) in [5.74, 6) is 0.480. The molecule has 0 radical (unpaired) electrons. The molecule has 61 heavy (non-hydrogen) atoms. The first kappa shape index (κ1) is 52.6.